The normalized spacial score (nSPS) is 12.2. The molecule has 0 unspecified atom stereocenters. The maximum absolute atomic E-state index is 5.21. The highest BCUT2D eigenvalue weighted by atomic mass is 32.1. The van der Waals surface area contributed by atoms with Gasteiger partial charge in [0.25, 0.3) is 0 Å². The van der Waals surface area contributed by atoms with Crippen LogP contribution in [-0.4, -0.2) is 67.7 Å². The van der Waals surface area contributed by atoms with Gasteiger partial charge in [-0.15, -0.1) is 0 Å². The van der Waals surface area contributed by atoms with E-state index in [4.69, 9.17) is 12.2 Å². The van der Waals surface area contributed by atoms with E-state index >= 15 is 0 Å². The summed E-state index contributed by atoms with van der Waals surface area (Å²) in [7, 11) is 8.09. The molecule has 0 aliphatic carbocycles. The van der Waals surface area contributed by atoms with E-state index in [1.54, 1.807) is 6.20 Å². The van der Waals surface area contributed by atoms with Crippen molar-refractivity contribution in [2.75, 3.05) is 51.6 Å². The third kappa shape index (κ3) is 9.80. The second-order valence-corrected chi connectivity index (χ2v) is 8.38. The molecule has 3 N–H and O–H groups in total. The first-order valence-corrected chi connectivity index (χ1v) is 11.1. The predicted octanol–water partition coefficient (Wildman–Crippen LogP) is 3.51. The molecule has 0 fully saturated rings. The van der Waals surface area contributed by atoms with E-state index in [-0.39, 0.29) is 0 Å². The summed E-state index contributed by atoms with van der Waals surface area (Å²) in [5, 5.41) is 12.2. The highest BCUT2D eigenvalue weighted by molar-refractivity contribution is 7.80. The fraction of sp³-hybridized carbons (Fsp3) is 0.333. The molecule has 0 saturated carbocycles. The van der Waals surface area contributed by atoms with E-state index in [1.165, 1.54) is 5.69 Å². The van der Waals surface area contributed by atoms with Crippen molar-refractivity contribution in [2.45, 2.75) is 13.8 Å². The maximum Gasteiger partial charge on any atom is 0.187 e. The molecule has 0 saturated heterocycles. The molecule has 0 amide bonds. The Morgan fingerprint density at radius 1 is 0.939 bits per heavy atom. The van der Waals surface area contributed by atoms with E-state index < -0.39 is 0 Å². The van der Waals surface area contributed by atoms with E-state index in [0.29, 0.717) is 10.9 Å². The lowest BCUT2D eigenvalue weighted by molar-refractivity contribution is 0.412. The Morgan fingerprint density at radius 3 is 2.18 bits per heavy atom. The number of aromatic nitrogens is 1. The van der Waals surface area contributed by atoms with Gasteiger partial charge in [0, 0.05) is 39.1 Å². The Balaban J connectivity index is 1.86. The number of hydrogen-bond donors (Lipinski definition) is 3. The van der Waals surface area contributed by atoms with Crippen LogP contribution in [0.1, 0.15) is 25.0 Å². The molecule has 9 heteroatoms. The van der Waals surface area contributed by atoms with Crippen LogP contribution in [0.3, 0.4) is 0 Å². The van der Waals surface area contributed by atoms with E-state index in [0.717, 1.165) is 35.6 Å². The van der Waals surface area contributed by atoms with E-state index in [1.807, 2.05) is 60.2 Å². The lowest BCUT2D eigenvalue weighted by Gasteiger charge is -2.11. The molecule has 0 bridgehead atoms. The number of rotatable bonds is 10. The van der Waals surface area contributed by atoms with E-state index in [9.17, 15) is 0 Å². The molecule has 33 heavy (non-hydrogen) atoms. The molecule has 1 heterocycles. The van der Waals surface area contributed by atoms with Gasteiger partial charge in [-0.1, -0.05) is 24.3 Å². The highest BCUT2D eigenvalue weighted by Crippen LogP contribution is 2.15. The molecular weight excluding hydrogens is 432 g/mol. The third-order valence-corrected chi connectivity index (χ3v) is 4.93. The van der Waals surface area contributed by atoms with Crippen LogP contribution in [0, 0.1) is 0 Å². The number of hydrogen-bond acceptors (Lipinski definition) is 7. The van der Waals surface area contributed by atoms with Crippen molar-refractivity contribution in [3.8, 4) is 0 Å². The van der Waals surface area contributed by atoms with Crippen molar-refractivity contribution in [2.24, 2.45) is 10.2 Å². The lowest BCUT2D eigenvalue weighted by Crippen LogP contribution is -2.37. The molecular formula is C24H34N8S. The number of nitrogens with zero attached hydrogens (tertiary/aromatic N) is 5. The monoisotopic (exact) mass is 466 g/mol. The number of benzene rings is 1. The minimum Gasteiger partial charge on any atom is -0.378 e. The Morgan fingerprint density at radius 2 is 1.58 bits per heavy atom. The van der Waals surface area contributed by atoms with Crippen LogP contribution in [0.4, 0.5) is 11.5 Å². The topological polar surface area (TPSA) is 80.2 Å². The number of anilines is 2. The molecule has 8 nitrogen and oxygen atoms in total. The van der Waals surface area contributed by atoms with Gasteiger partial charge in [-0.3, -0.25) is 10.9 Å². The zero-order chi connectivity index (χ0) is 24.2. The fourth-order valence-electron chi connectivity index (χ4n) is 2.52. The summed E-state index contributed by atoms with van der Waals surface area (Å²) in [4.78, 5) is 8.57. The number of thiocarbonyl (C=S) groups is 1. The standard InChI is InChI=1S/C24H34N8S/c1-18(19(2)28-30-24(33)25-15-16-31(3)4)27-29-23-14-11-21(17-26-23)8-7-20-9-12-22(13-10-20)32(5)6/h7-14,17H,15-16H2,1-6H3,(H,26,29)(H2,25,30,33)/b8-7+,27-18?,28-19?. The molecule has 1 aromatic carbocycles. The van der Waals surface area contributed by atoms with Crippen LogP contribution >= 0.6 is 12.2 Å². The van der Waals surface area contributed by atoms with Crippen LogP contribution in [-0.2, 0) is 0 Å². The van der Waals surface area contributed by atoms with Crippen LogP contribution in [0.5, 0.6) is 0 Å². The molecule has 2 rings (SSSR count). The molecule has 0 spiro atoms. The Hall–Kier alpha value is -3.30. The molecule has 0 radical (unpaired) electrons. The van der Waals surface area contributed by atoms with Crippen molar-refractivity contribution >= 4 is 52.4 Å². The number of nitrogens with one attached hydrogen (secondary N) is 3. The van der Waals surface area contributed by atoms with Crippen LogP contribution < -0.4 is 21.1 Å². The summed E-state index contributed by atoms with van der Waals surface area (Å²) < 4.78 is 0. The van der Waals surface area contributed by atoms with Crippen LogP contribution in [0.15, 0.2) is 52.8 Å². The van der Waals surface area contributed by atoms with Gasteiger partial charge in [0.05, 0.1) is 11.4 Å². The maximum atomic E-state index is 5.21. The first-order chi connectivity index (χ1) is 15.7. The first-order valence-electron chi connectivity index (χ1n) is 10.7. The first kappa shape index (κ1) is 26.0. The summed E-state index contributed by atoms with van der Waals surface area (Å²) >= 11 is 5.21. The minimum atomic E-state index is 0.482. The van der Waals surface area contributed by atoms with Crippen molar-refractivity contribution in [1.82, 2.24) is 20.6 Å². The van der Waals surface area contributed by atoms with Crippen molar-refractivity contribution < 1.29 is 0 Å². The second kappa shape index (κ2) is 13.3. The SMILES string of the molecule is CC(=NNC(=S)NCCN(C)C)C(C)=NNc1ccc(/C=C/c2ccc(N(C)C)cc2)cn1. The fourth-order valence-corrected chi connectivity index (χ4v) is 2.66. The molecule has 0 atom stereocenters. The zero-order valence-corrected chi connectivity index (χ0v) is 21.1. The quantitative estimate of drug-likeness (QED) is 0.281. The van der Waals surface area contributed by atoms with Crippen LogP contribution in [0.25, 0.3) is 12.2 Å². The molecule has 176 valence electrons. The summed E-state index contributed by atoms with van der Waals surface area (Å²) in [6.45, 7) is 5.37. The summed E-state index contributed by atoms with van der Waals surface area (Å²) in [5.74, 6) is 0.656. The second-order valence-electron chi connectivity index (χ2n) is 7.97. The van der Waals surface area contributed by atoms with Crippen molar-refractivity contribution in [3.05, 3.63) is 53.7 Å². The minimum absolute atomic E-state index is 0.482. The number of likely N-dealkylation sites (N-methyl/N-ethyl adjacent to an activating group) is 1. The van der Waals surface area contributed by atoms with Crippen LogP contribution in [0.2, 0.25) is 0 Å². The van der Waals surface area contributed by atoms with E-state index in [2.05, 4.69) is 71.5 Å². The number of hydrazone groups is 2. The largest absolute Gasteiger partial charge is 0.378 e. The zero-order valence-electron chi connectivity index (χ0n) is 20.3. The third-order valence-electron chi connectivity index (χ3n) is 4.70. The summed E-state index contributed by atoms with van der Waals surface area (Å²) in [6, 6.07) is 12.3. The Labute approximate surface area is 202 Å². The number of pyridine rings is 1. The van der Waals surface area contributed by atoms with Gasteiger partial charge < -0.3 is 15.1 Å². The highest BCUT2D eigenvalue weighted by Gasteiger charge is 2.00. The molecule has 1 aromatic heterocycles. The van der Waals surface area contributed by atoms with Gasteiger partial charge in [0.2, 0.25) is 0 Å². The molecule has 0 aliphatic heterocycles. The van der Waals surface area contributed by atoms with Crippen molar-refractivity contribution in [3.63, 3.8) is 0 Å². The Kier molecular flexibility index (Phi) is 10.5. The van der Waals surface area contributed by atoms with Gasteiger partial charge in [-0.05, 0) is 75.6 Å². The smallest absolute Gasteiger partial charge is 0.187 e. The van der Waals surface area contributed by atoms with Crippen molar-refractivity contribution in [1.29, 1.82) is 0 Å². The Bertz CT molecular complexity index is 977. The average molecular weight is 467 g/mol. The average Bonchev–Trinajstić information content (AvgIpc) is 2.80. The van der Waals surface area contributed by atoms with Gasteiger partial charge in [-0.2, -0.15) is 10.2 Å². The van der Waals surface area contributed by atoms with Gasteiger partial charge in [0.1, 0.15) is 5.82 Å². The van der Waals surface area contributed by atoms with Gasteiger partial charge in [0.15, 0.2) is 5.11 Å². The molecule has 2 aromatic rings. The molecule has 0 aliphatic rings. The van der Waals surface area contributed by atoms with Gasteiger partial charge >= 0.3 is 0 Å². The summed E-state index contributed by atoms with van der Waals surface area (Å²) in [6.07, 6.45) is 5.91. The predicted molar refractivity (Wildman–Crippen MR) is 146 cm³/mol. The lowest BCUT2D eigenvalue weighted by atomic mass is 10.1. The van der Waals surface area contributed by atoms with Gasteiger partial charge in [-0.25, -0.2) is 4.98 Å². The summed E-state index contributed by atoms with van der Waals surface area (Å²) in [5.41, 5.74) is 10.6.